The third-order valence-corrected chi connectivity index (χ3v) is 6.24. The molecule has 3 aromatic rings. The van der Waals surface area contributed by atoms with E-state index in [0.29, 0.717) is 23.9 Å². The van der Waals surface area contributed by atoms with Gasteiger partial charge in [-0.2, -0.15) is 0 Å². The Morgan fingerprint density at radius 3 is 2.09 bits per heavy atom. The van der Waals surface area contributed by atoms with Crippen LogP contribution in [0, 0.1) is 5.92 Å². The van der Waals surface area contributed by atoms with Crippen LogP contribution >= 0.6 is 0 Å². The van der Waals surface area contributed by atoms with Crippen molar-refractivity contribution in [2.45, 2.75) is 72.1 Å². The number of esters is 1. The molecule has 5 nitrogen and oxygen atoms in total. The summed E-state index contributed by atoms with van der Waals surface area (Å²) < 4.78 is 11.3. The highest BCUT2D eigenvalue weighted by Gasteiger charge is 2.09. The number of ether oxygens (including phenoxy) is 2. The number of hydrogen-bond donors (Lipinski definition) is 0. The molecule has 0 fully saturated rings. The van der Waals surface area contributed by atoms with Gasteiger partial charge in [0, 0.05) is 29.9 Å². The van der Waals surface area contributed by atoms with Crippen molar-refractivity contribution >= 4 is 5.97 Å². The number of hydrogen-bond acceptors (Lipinski definition) is 5. The van der Waals surface area contributed by atoms with Crippen molar-refractivity contribution in [3.8, 4) is 34.0 Å². The number of aromatic nitrogens is 2. The topological polar surface area (TPSA) is 61.3 Å². The first-order chi connectivity index (χ1) is 17.1. The molecule has 0 aliphatic heterocycles. The second-order valence-corrected chi connectivity index (χ2v) is 9.13. The Morgan fingerprint density at radius 1 is 0.800 bits per heavy atom. The summed E-state index contributed by atoms with van der Waals surface area (Å²) in [5.41, 5.74) is 2.83. The zero-order valence-corrected chi connectivity index (χ0v) is 21.3. The van der Waals surface area contributed by atoms with Crippen LogP contribution in [0.1, 0.15) is 72.1 Å². The molecule has 0 aliphatic rings. The quantitative estimate of drug-likeness (QED) is 0.135. The number of nitrogens with zero attached hydrogens (tertiary/aromatic N) is 2. The minimum absolute atomic E-state index is 0.186. The van der Waals surface area contributed by atoms with E-state index in [1.54, 1.807) is 0 Å². The average Bonchev–Trinajstić information content (AvgIpc) is 2.90. The second-order valence-electron chi connectivity index (χ2n) is 9.13. The van der Waals surface area contributed by atoms with Crippen LogP contribution in [0.3, 0.4) is 0 Å². The van der Waals surface area contributed by atoms with Crippen molar-refractivity contribution in [1.29, 1.82) is 0 Å². The first-order valence-electron chi connectivity index (χ1n) is 13.0. The van der Waals surface area contributed by atoms with Crippen LogP contribution in [0.2, 0.25) is 0 Å². The van der Waals surface area contributed by atoms with E-state index >= 15 is 0 Å². The molecule has 3 rings (SSSR count). The molecule has 0 bridgehead atoms. The zero-order valence-electron chi connectivity index (χ0n) is 21.3. The molecular formula is C30H38N2O3. The Kier molecular flexibility index (Phi) is 10.7. The van der Waals surface area contributed by atoms with Gasteiger partial charge in [0.1, 0.15) is 11.5 Å². The van der Waals surface area contributed by atoms with E-state index in [1.165, 1.54) is 25.7 Å². The Balaban J connectivity index is 1.50. The van der Waals surface area contributed by atoms with Gasteiger partial charge in [0.25, 0.3) is 0 Å². The van der Waals surface area contributed by atoms with Crippen molar-refractivity contribution < 1.29 is 14.3 Å². The molecule has 5 heteroatoms. The average molecular weight is 475 g/mol. The molecule has 186 valence electrons. The summed E-state index contributed by atoms with van der Waals surface area (Å²) in [7, 11) is 0. The molecule has 1 heterocycles. The third kappa shape index (κ3) is 8.82. The number of unbranched alkanes of at least 4 members (excludes halogenated alkanes) is 4. The van der Waals surface area contributed by atoms with Crippen LogP contribution in [-0.4, -0.2) is 22.5 Å². The summed E-state index contributed by atoms with van der Waals surface area (Å²) in [4.78, 5) is 21.1. The van der Waals surface area contributed by atoms with Gasteiger partial charge in [-0.25, -0.2) is 9.97 Å². The zero-order chi connectivity index (χ0) is 24.9. The predicted octanol–water partition coefficient (Wildman–Crippen LogP) is 7.89. The first kappa shape index (κ1) is 26.4. The molecule has 2 aromatic carbocycles. The van der Waals surface area contributed by atoms with Crippen LogP contribution in [-0.2, 0) is 4.79 Å². The normalized spacial score (nSPS) is 11.7. The molecule has 35 heavy (non-hydrogen) atoms. The fourth-order valence-electron chi connectivity index (χ4n) is 3.69. The first-order valence-corrected chi connectivity index (χ1v) is 13.0. The fraction of sp³-hybridized carbons (Fsp3) is 0.433. The SMILES string of the molecule is CCCCCCCOc1ccc(-c2ncc(-c3ccc(OC(=O)CCC(C)CC)cc3)cn2)cc1. The van der Waals surface area contributed by atoms with Gasteiger partial charge in [-0.1, -0.05) is 65.0 Å². The minimum atomic E-state index is -0.186. The Bertz CT molecular complexity index is 1010. The molecule has 0 saturated carbocycles. The van der Waals surface area contributed by atoms with Crippen LogP contribution in [0.4, 0.5) is 0 Å². The van der Waals surface area contributed by atoms with Crippen molar-refractivity contribution in [3.63, 3.8) is 0 Å². The molecule has 0 N–H and O–H groups in total. The summed E-state index contributed by atoms with van der Waals surface area (Å²) in [5, 5.41) is 0. The van der Waals surface area contributed by atoms with Crippen LogP contribution < -0.4 is 9.47 Å². The Morgan fingerprint density at radius 2 is 1.43 bits per heavy atom. The van der Waals surface area contributed by atoms with Gasteiger partial charge in [0.2, 0.25) is 0 Å². The van der Waals surface area contributed by atoms with Crippen molar-refractivity contribution in [3.05, 3.63) is 60.9 Å². The predicted molar refractivity (Wildman–Crippen MR) is 141 cm³/mol. The van der Waals surface area contributed by atoms with Gasteiger partial charge in [-0.05, 0) is 60.7 Å². The lowest BCUT2D eigenvalue weighted by molar-refractivity contribution is -0.134. The van der Waals surface area contributed by atoms with E-state index in [2.05, 4.69) is 30.7 Å². The number of benzene rings is 2. The number of carbonyl (C=O) groups excluding carboxylic acids is 1. The fourth-order valence-corrected chi connectivity index (χ4v) is 3.69. The summed E-state index contributed by atoms with van der Waals surface area (Å²) in [5.74, 6) is 2.45. The van der Waals surface area contributed by atoms with E-state index in [9.17, 15) is 4.79 Å². The van der Waals surface area contributed by atoms with Crippen molar-refractivity contribution in [2.75, 3.05) is 6.61 Å². The Hall–Kier alpha value is -3.21. The van der Waals surface area contributed by atoms with Crippen molar-refractivity contribution in [2.24, 2.45) is 5.92 Å². The highest BCUT2D eigenvalue weighted by molar-refractivity contribution is 5.73. The third-order valence-electron chi connectivity index (χ3n) is 6.24. The molecule has 0 spiro atoms. The summed E-state index contributed by atoms with van der Waals surface area (Å²) in [6.45, 7) is 7.26. The smallest absolute Gasteiger partial charge is 0.311 e. The molecule has 0 amide bonds. The maximum Gasteiger partial charge on any atom is 0.311 e. The van der Waals surface area contributed by atoms with Gasteiger partial charge in [-0.15, -0.1) is 0 Å². The molecule has 0 radical (unpaired) electrons. The largest absolute Gasteiger partial charge is 0.494 e. The van der Waals surface area contributed by atoms with Crippen molar-refractivity contribution in [1.82, 2.24) is 9.97 Å². The van der Waals surface area contributed by atoms with Gasteiger partial charge < -0.3 is 9.47 Å². The maximum atomic E-state index is 12.0. The van der Waals surface area contributed by atoms with E-state index in [-0.39, 0.29) is 5.97 Å². The van der Waals surface area contributed by atoms with Crippen LogP contribution in [0.15, 0.2) is 60.9 Å². The molecule has 1 unspecified atom stereocenters. The minimum Gasteiger partial charge on any atom is -0.494 e. The highest BCUT2D eigenvalue weighted by atomic mass is 16.5. The summed E-state index contributed by atoms with van der Waals surface area (Å²) in [6.07, 6.45) is 12.1. The van der Waals surface area contributed by atoms with E-state index < -0.39 is 0 Å². The maximum absolute atomic E-state index is 12.0. The lowest BCUT2D eigenvalue weighted by atomic mass is 10.0. The highest BCUT2D eigenvalue weighted by Crippen LogP contribution is 2.24. The van der Waals surface area contributed by atoms with Gasteiger partial charge in [0.15, 0.2) is 5.82 Å². The van der Waals surface area contributed by atoms with Gasteiger partial charge in [-0.3, -0.25) is 4.79 Å². The summed E-state index contributed by atoms with van der Waals surface area (Å²) in [6, 6.07) is 15.4. The summed E-state index contributed by atoms with van der Waals surface area (Å²) >= 11 is 0. The molecule has 0 saturated heterocycles. The second kappa shape index (κ2) is 14.2. The monoisotopic (exact) mass is 474 g/mol. The lowest BCUT2D eigenvalue weighted by Gasteiger charge is -2.09. The number of carbonyl (C=O) groups is 1. The van der Waals surface area contributed by atoms with E-state index in [4.69, 9.17) is 9.47 Å². The molecule has 1 atom stereocenters. The molecular weight excluding hydrogens is 436 g/mol. The van der Waals surface area contributed by atoms with E-state index in [1.807, 2.05) is 60.9 Å². The van der Waals surface area contributed by atoms with Crippen LogP contribution in [0.25, 0.3) is 22.5 Å². The van der Waals surface area contributed by atoms with Gasteiger partial charge in [0.05, 0.1) is 6.61 Å². The van der Waals surface area contributed by atoms with Crippen LogP contribution in [0.5, 0.6) is 11.5 Å². The number of rotatable bonds is 14. The van der Waals surface area contributed by atoms with Gasteiger partial charge >= 0.3 is 5.97 Å². The molecule has 1 aromatic heterocycles. The standard InChI is InChI=1S/C30H38N2O3/c1-4-6-7-8-9-20-34-27-15-13-25(14-16-27)30-31-21-26(22-32-30)24-11-17-28(18-12-24)35-29(33)19-10-23(3)5-2/h11-18,21-23H,4-10,19-20H2,1-3H3. The molecule has 0 aliphatic carbocycles. The Labute approximate surface area is 209 Å². The lowest BCUT2D eigenvalue weighted by Crippen LogP contribution is -2.09. The van der Waals surface area contributed by atoms with E-state index in [0.717, 1.165) is 48.3 Å².